The van der Waals surface area contributed by atoms with Gasteiger partial charge in [-0.3, -0.25) is 9.78 Å². The molecule has 1 heterocycles. The van der Waals surface area contributed by atoms with Crippen LogP contribution in [0.15, 0.2) is 84.6 Å². The molecule has 0 aliphatic heterocycles. The van der Waals surface area contributed by atoms with Gasteiger partial charge in [0.25, 0.3) is 0 Å². The maximum Gasteiger partial charge on any atom is 0.164 e. The van der Waals surface area contributed by atoms with E-state index >= 15 is 0 Å². The van der Waals surface area contributed by atoms with Crippen LogP contribution < -0.4 is 0 Å². The predicted molar refractivity (Wildman–Crippen MR) is 227 cm³/mol. The second-order valence-corrected chi connectivity index (χ2v) is 17.6. The third kappa shape index (κ3) is 7.89. The summed E-state index contributed by atoms with van der Waals surface area (Å²) in [7, 11) is 0. The molecule has 1 aromatic heterocycles. The maximum atomic E-state index is 12.2. The number of hydrogen-bond donors (Lipinski definition) is 1. The summed E-state index contributed by atoms with van der Waals surface area (Å²) >= 11 is 0. The van der Waals surface area contributed by atoms with Crippen LogP contribution in [0.4, 0.5) is 0 Å². The van der Waals surface area contributed by atoms with Crippen molar-refractivity contribution in [1.82, 2.24) is 4.98 Å². The first-order valence-corrected chi connectivity index (χ1v) is 19.9. The number of rotatable bonds is 9. The Morgan fingerprint density at radius 3 is 1.96 bits per heavy atom. The van der Waals surface area contributed by atoms with Crippen molar-refractivity contribution in [3.8, 4) is 22.4 Å². The molecule has 0 atom stereocenters. The zero-order valence-corrected chi connectivity index (χ0v) is 37.4. The molecular formula is C50H62IrNO2-. The number of nitrogens with zero attached hydrogens (tertiary/aromatic N) is 1. The Kier molecular flexibility index (Phi) is 13.0. The van der Waals surface area contributed by atoms with Crippen LogP contribution in [0.3, 0.4) is 0 Å². The second-order valence-electron chi connectivity index (χ2n) is 17.6. The van der Waals surface area contributed by atoms with Crippen molar-refractivity contribution in [1.29, 1.82) is 0 Å². The minimum atomic E-state index is -0.337. The average molecular weight is 901 g/mol. The van der Waals surface area contributed by atoms with Crippen molar-refractivity contribution in [2.24, 2.45) is 10.8 Å². The van der Waals surface area contributed by atoms with Crippen LogP contribution in [0.5, 0.6) is 0 Å². The standard InChI is InChI=1S/C35H34N.C15H28O2.Ir/c1-21(2)22-16-17-28-27(19-22)31-32(35(28,6)7)26-14-10-11-15-30(26)36-33(31)24-18-23-12-8-9-13-25(23)29(20-24)34(3,4)5;1-7-14(5,8-2)12(16)11-13(17)15(6,9-3)10-4;/h8-17,19-21H,1-7H3;11,16H,7-10H2,1-6H3;/q-1;;/b;12-11-;. The second kappa shape index (κ2) is 16.3. The Labute approximate surface area is 339 Å². The molecule has 0 bridgehead atoms. The van der Waals surface area contributed by atoms with E-state index in [9.17, 15) is 9.90 Å². The fourth-order valence-electron chi connectivity index (χ4n) is 7.79. The number of hydrogen-bond acceptors (Lipinski definition) is 3. The molecule has 0 saturated carbocycles. The fourth-order valence-corrected chi connectivity index (χ4v) is 7.79. The summed E-state index contributed by atoms with van der Waals surface area (Å²) in [5, 5.41) is 13.8. The molecule has 0 amide bonds. The molecule has 6 rings (SSSR count). The number of aliphatic hydroxyl groups excluding tert-OH is 1. The van der Waals surface area contributed by atoms with E-state index in [0.717, 1.165) is 47.8 Å². The van der Waals surface area contributed by atoms with Crippen LogP contribution in [0, 0.1) is 16.9 Å². The van der Waals surface area contributed by atoms with E-state index in [1.54, 1.807) is 0 Å². The van der Waals surface area contributed by atoms with E-state index in [1.807, 2.05) is 41.5 Å². The molecule has 1 aliphatic carbocycles. The molecule has 54 heavy (non-hydrogen) atoms. The van der Waals surface area contributed by atoms with E-state index in [-0.39, 0.29) is 53.3 Å². The molecule has 4 aromatic carbocycles. The minimum absolute atomic E-state index is 0. The third-order valence-corrected chi connectivity index (χ3v) is 12.6. The van der Waals surface area contributed by atoms with Gasteiger partial charge in [0.1, 0.15) is 5.76 Å². The van der Waals surface area contributed by atoms with Crippen LogP contribution in [0.2, 0.25) is 0 Å². The molecule has 5 aromatic rings. The topological polar surface area (TPSA) is 50.2 Å². The van der Waals surface area contributed by atoms with E-state index in [0.29, 0.717) is 5.92 Å². The molecule has 0 saturated heterocycles. The van der Waals surface area contributed by atoms with Crippen LogP contribution in [0.1, 0.15) is 144 Å². The molecule has 0 fully saturated rings. The summed E-state index contributed by atoms with van der Waals surface area (Å²) in [6.45, 7) is 28.3. The number of ketones is 1. The summed E-state index contributed by atoms with van der Waals surface area (Å²) in [6, 6.07) is 30.5. The number of pyridine rings is 1. The molecule has 0 unspecified atom stereocenters. The van der Waals surface area contributed by atoms with Gasteiger partial charge in [0.15, 0.2) is 5.78 Å². The number of carbonyl (C=O) groups excluding carboxylic acids is 1. The molecule has 1 N–H and O–H groups in total. The van der Waals surface area contributed by atoms with Crippen molar-refractivity contribution < 1.29 is 30.0 Å². The van der Waals surface area contributed by atoms with E-state index in [2.05, 4.69) is 127 Å². The number of aromatic nitrogens is 1. The quantitative estimate of drug-likeness (QED) is 0.0911. The van der Waals surface area contributed by atoms with Crippen molar-refractivity contribution >= 4 is 27.5 Å². The Balaban J connectivity index is 0.000000309. The van der Waals surface area contributed by atoms with Gasteiger partial charge in [-0.2, -0.15) is 0 Å². The zero-order valence-electron chi connectivity index (χ0n) is 35.0. The van der Waals surface area contributed by atoms with Crippen LogP contribution >= 0.6 is 0 Å². The summed E-state index contributed by atoms with van der Waals surface area (Å²) in [4.78, 5) is 17.5. The summed E-state index contributed by atoms with van der Waals surface area (Å²) in [5.41, 5.74) is 10.6. The fraction of sp³-hybridized carbons (Fsp3) is 0.440. The first-order valence-electron chi connectivity index (χ1n) is 19.9. The van der Waals surface area contributed by atoms with Gasteiger partial charge < -0.3 is 5.11 Å². The largest absolute Gasteiger partial charge is 0.512 e. The Morgan fingerprint density at radius 2 is 1.39 bits per heavy atom. The Hall–Kier alpha value is -3.59. The summed E-state index contributed by atoms with van der Waals surface area (Å²) in [5.74, 6) is 0.757. The number of carbonyl (C=O) groups is 1. The van der Waals surface area contributed by atoms with Crippen LogP contribution in [-0.2, 0) is 35.7 Å². The summed E-state index contributed by atoms with van der Waals surface area (Å²) in [6.07, 6.45) is 4.75. The monoisotopic (exact) mass is 901 g/mol. The average Bonchev–Trinajstić information content (AvgIpc) is 3.39. The Bertz CT molecular complexity index is 2170. The zero-order chi connectivity index (χ0) is 39.1. The first-order chi connectivity index (χ1) is 24.9. The molecule has 1 radical (unpaired) electrons. The number of benzene rings is 4. The van der Waals surface area contributed by atoms with Crippen molar-refractivity contribution in [3.05, 3.63) is 113 Å². The third-order valence-electron chi connectivity index (χ3n) is 12.6. The molecule has 1 aliphatic rings. The molecule has 0 spiro atoms. The number of fused-ring (bicyclic) bond motifs is 6. The van der Waals surface area contributed by atoms with Gasteiger partial charge in [0, 0.05) is 53.5 Å². The van der Waals surface area contributed by atoms with Gasteiger partial charge in [-0.05, 0) is 70.9 Å². The normalized spacial score (nSPS) is 14.0. The predicted octanol–water partition coefficient (Wildman–Crippen LogP) is 14.2. The van der Waals surface area contributed by atoms with Gasteiger partial charge in [-0.1, -0.05) is 156 Å². The number of para-hydroxylation sites is 1. The Morgan fingerprint density at radius 1 is 0.815 bits per heavy atom. The van der Waals surface area contributed by atoms with E-state index in [4.69, 9.17) is 4.98 Å². The smallest absolute Gasteiger partial charge is 0.164 e. The number of aliphatic hydroxyl groups is 1. The molecule has 289 valence electrons. The number of allylic oxidation sites excluding steroid dienone is 2. The van der Waals surface area contributed by atoms with Crippen LogP contribution in [-0.4, -0.2) is 15.9 Å². The first kappa shape index (κ1) is 43.1. The SMILES string of the molecule is CC(C)c1ccc2c(c1)-c1c(-c3[c-]c4ccccc4c(C(C)(C)C)c3)nc3ccccc3c1C2(C)C.CCC(C)(CC)C(=O)/C=C(\O)C(C)(CC)CC.[Ir]. The molecule has 4 heteroatoms. The van der Waals surface area contributed by atoms with Crippen LogP contribution in [0.25, 0.3) is 44.1 Å². The van der Waals surface area contributed by atoms with Gasteiger partial charge >= 0.3 is 0 Å². The van der Waals surface area contributed by atoms with E-state index < -0.39 is 0 Å². The minimum Gasteiger partial charge on any atom is -0.512 e. The van der Waals surface area contributed by atoms with Gasteiger partial charge in [0.05, 0.1) is 5.52 Å². The van der Waals surface area contributed by atoms with Gasteiger partial charge in [0.2, 0.25) is 0 Å². The molecule has 3 nitrogen and oxygen atoms in total. The van der Waals surface area contributed by atoms with Crippen molar-refractivity contribution in [3.63, 3.8) is 0 Å². The van der Waals surface area contributed by atoms with Crippen molar-refractivity contribution in [2.75, 3.05) is 0 Å². The maximum absolute atomic E-state index is 12.2. The van der Waals surface area contributed by atoms with Crippen molar-refractivity contribution in [2.45, 2.75) is 132 Å². The van der Waals surface area contributed by atoms with Gasteiger partial charge in [-0.25, -0.2) is 0 Å². The van der Waals surface area contributed by atoms with Gasteiger partial charge in [-0.15, -0.1) is 29.1 Å². The summed E-state index contributed by atoms with van der Waals surface area (Å²) < 4.78 is 0. The van der Waals surface area contributed by atoms with E-state index in [1.165, 1.54) is 50.2 Å². The molecular weight excluding hydrogens is 839 g/mol.